The van der Waals surface area contributed by atoms with Crippen molar-refractivity contribution < 1.29 is 0 Å². The molecule has 0 amide bonds. The van der Waals surface area contributed by atoms with Gasteiger partial charge in [-0.3, -0.25) is 4.31 Å². The van der Waals surface area contributed by atoms with Gasteiger partial charge in [-0.2, -0.15) is 0 Å². The minimum atomic E-state index is -1.17. The number of nitrogens with zero attached hydrogens (tertiary/aromatic N) is 1. The van der Waals surface area contributed by atoms with Gasteiger partial charge in [-0.05, 0) is 61.7 Å². The number of benzene rings is 1. The van der Waals surface area contributed by atoms with Gasteiger partial charge in [-0.15, -0.1) is 10.2 Å². The van der Waals surface area contributed by atoms with Crippen LogP contribution in [0, 0.1) is 5.92 Å². The van der Waals surface area contributed by atoms with Crippen LogP contribution in [0.2, 0.25) is 0 Å². The van der Waals surface area contributed by atoms with Gasteiger partial charge < -0.3 is 0 Å². The van der Waals surface area contributed by atoms with Gasteiger partial charge in [0.15, 0.2) is 0 Å². The Kier molecular flexibility index (Phi) is 5.13. The lowest BCUT2D eigenvalue weighted by atomic mass is 9.84. The minimum absolute atomic E-state index is 0.781. The maximum absolute atomic E-state index is 2.60. The second kappa shape index (κ2) is 7.11. The van der Waals surface area contributed by atoms with Crippen molar-refractivity contribution in [2.75, 3.05) is 14.1 Å². The van der Waals surface area contributed by atoms with E-state index in [2.05, 4.69) is 78.6 Å². The lowest BCUT2D eigenvalue weighted by Crippen LogP contribution is -2.16. The van der Waals surface area contributed by atoms with E-state index in [0.29, 0.717) is 0 Å². The van der Waals surface area contributed by atoms with Crippen LogP contribution in [0.5, 0.6) is 0 Å². The quantitative estimate of drug-likeness (QED) is 0.625. The Bertz CT molecular complexity index is 621. The van der Waals surface area contributed by atoms with Crippen LogP contribution in [-0.2, 0) is 0 Å². The Labute approximate surface area is 143 Å². The van der Waals surface area contributed by atoms with Crippen LogP contribution >= 0.6 is 10.2 Å². The van der Waals surface area contributed by atoms with Gasteiger partial charge in [0.2, 0.25) is 0 Å². The summed E-state index contributed by atoms with van der Waals surface area (Å²) in [6.07, 6.45) is 11.7. The first-order chi connectivity index (χ1) is 11.2. The van der Waals surface area contributed by atoms with Crippen molar-refractivity contribution in [2.24, 2.45) is 5.92 Å². The van der Waals surface area contributed by atoms with Crippen molar-refractivity contribution in [3.8, 4) is 0 Å². The highest BCUT2D eigenvalue weighted by Gasteiger charge is 2.32. The molecule has 0 N–H and O–H groups in total. The van der Waals surface area contributed by atoms with Crippen LogP contribution in [0.15, 0.2) is 58.9 Å². The molecule has 1 heterocycles. The number of rotatable bonds is 4. The van der Waals surface area contributed by atoms with E-state index >= 15 is 0 Å². The van der Waals surface area contributed by atoms with Crippen molar-refractivity contribution in [2.45, 2.75) is 39.0 Å². The molecule has 0 spiro atoms. The third-order valence-electron chi connectivity index (χ3n) is 5.14. The maximum atomic E-state index is 2.60. The van der Waals surface area contributed by atoms with E-state index in [1.165, 1.54) is 42.6 Å². The lowest BCUT2D eigenvalue weighted by molar-refractivity contribution is 0.409. The highest BCUT2D eigenvalue weighted by atomic mass is 32.3. The fourth-order valence-corrected chi connectivity index (χ4v) is 6.99. The van der Waals surface area contributed by atoms with Crippen LogP contribution in [-0.4, -0.2) is 18.4 Å². The molecule has 0 radical (unpaired) electrons. The van der Waals surface area contributed by atoms with E-state index < -0.39 is 10.2 Å². The van der Waals surface area contributed by atoms with Gasteiger partial charge in [0, 0.05) is 4.91 Å². The molecular formula is C21H29NS. The van der Waals surface area contributed by atoms with E-state index in [1.54, 1.807) is 5.57 Å². The van der Waals surface area contributed by atoms with Crippen molar-refractivity contribution in [3.05, 3.63) is 64.4 Å². The molecule has 3 rings (SSSR count). The molecule has 1 aromatic carbocycles. The Morgan fingerprint density at radius 1 is 1.09 bits per heavy atom. The molecule has 1 atom stereocenters. The number of hydrogen-bond acceptors (Lipinski definition) is 1. The Balaban J connectivity index is 1.98. The summed E-state index contributed by atoms with van der Waals surface area (Å²) in [5, 5.41) is 5.09. The van der Waals surface area contributed by atoms with Crippen LogP contribution in [0.1, 0.15) is 44.6 Å². The average molecular weight is 328 g/mol. The van der Waals surface area contributed by atoms with Crippen molar-refractivity contribution in [3.63, 3.8) is 0 Å². The van der Waals surface area contributed by atoms with Gasteiger partial charge >= 0.3 is 0 Å². The zero-order valence-electron chi connectivity index (χ0n) is 14.7. The number of allylic oxidation sites excluding steroid dienone is 3. The van der Waals surface area contributed by atoms with E-state index in [4.69, 9.17) is 0 Å². The van der Waals surface area contributed by atoms with E-state index in [9.17, 15) is 0 Å². The second-order valence-corrected chi connectivity index (χ2v) is 9.79. The van der Waals surface area contributed by atoms with E-state index in [1.807, 2.05) is 0 Å². The van der Waals surface area contributed by atoms with Gasteiger partial charge in [0.05, 0.1) is 0 Å². The SMILES string of the molecule is CC=C(c1ccccc1)S1(N(C)C)C=CC(C2CCCCC2)=C1. The zero-order valence-corrected chi connectivity index (χ0v) is 15.5. The van der Waals surface area contributed by atoms with Gasteiger partial charge in [0.25, 0.3) is 0 Å². The minimum Gasteiger partial charge on any atom is -0.263 e. The maximum Gasteiger partial charge on any atom is 0.0129 e. The summed E-state index contributed by atoms with van der Waals surface area (Å²) in [5.41, 5.74) is 2.94. The predicted molar refractivity (Wildman–Crippen MR) is 105 cm³/mol. The normalized spacial score (nSPS) is 28.7. The molecule has 1 nitrogen and oxygen atoms in total. The summed E-state index contributed by atoms with van der Waals surface area (Å²) in [5.74, 6) is 0.781. The summed E-state index contributed by atoms with van der Waals surface area (Å²) in [6.45, 7) is 2.18. The highest BCUT2D eigenvalue weighted by molar-refractivity contribution is 8.43. The molecule has 124 valence electrons. The predicted octanol–water partition coefficient (Wildman–Crippen LogP) is 6.32. The molecular weight excluding hydrogens is 298 g/mol. The first-order valence-electron chi connectivity index (χ1n) is 8.80. The number of hydrogen-bond donors (Lipinski definition) is 0. The average Bonchev–Trinajstić information content (AvgIpc) is 3.04. The monoisotopic (exact) mass is 327 g/mol. The van der Waals surface area contributed by atoms with Crippen molar-refractivity contribution in [1.29, 1.82) is 0 Å². The van der Waals surface area contributed by atoms with E-state index in [-0.39, 0.29) is 0 Å². The molecule has 1 fully saturated rings. The summed E-state index contributed by atoms with van der Waals surface area (Å²) in [7, 11) is 3.29. The molecule has 23 heavy (non-hydrogen) atoms. The molecule has 1 aliphatic heterocycles. The standard InChI is InChI=1S/C21H29NS/c1-4-21(19-13-9-6-10-14-19)23(22(2)3)16-15-20(17-23)18-11-7-5-8-12-18/h4,6,9-10,13-18H,5,7-8,11-12H2,1-3H3. The van der Waals surface area contributed by atoms with Gasteiger partial charge in [0.1, 0.15) is 0 Å². The summed E-state index contributed by atoms with van der Waals surface area (Å²) in [4.78, 5) is 1.46. The summed E-state index contributed by atoms with van der Waals surface area (Å²) < 4.78 is 2.43. The van der Waals surface area contributed by atoms with Crippen LogP contribution in [0.25, 0.3) is 4.91 Å². The van der Waals surface area contributed by atoms with Crippen LogP contribution in [0.4, 0.5) is 0 Å². The van der Waals surface area contributed by atoms with Crippen LogP contribution in [0.3, 0.4) is 0 Å². The van der Waals surface area contributed by atoms with Crippen molar-refractivity contribution >= 4 is 15.1 Å². The van der Waals surface area contributed by atoms with Crippen LogP contribution < -0.4 is 0 Å². The first kappa shape index (κ1) is 16.6. The molecule has 2 heteroatoms. The van der Waals surface area contributed by atoms with Gasteiger partial charge in [-0.25, -0.2) is 0 Å². The lowest BCUT2D eigenvalue weighted by Gasteiger charge is -2.41. The molecule has 2 aliphatic rings. The molecule has 0 bridgehead atoms. The molecule has 0 aromatic heterocycles. The smallest absolute Gasteiger partial charge is 0.0129 e. The highest BCUT2D eigenvalue weighted by Crippen LogP contribution is 2.67. The van der Waals surface area contributed by atoms with Gasteiger partial charge in [-0.1, -0.05) is 61.7 Å². The second-order valence-electron chi connectivity index (χ2n) is 6.76. The van der Waals surface area contributed by atoms with Crippen molar-refractivity contribution in [1.82, 2.24) is 4.31 Å². The third kappa shape index (κ3) is 3.20. The first-order valence-corrected chi connectivity index (χ1v) is 10.5. The molecule has 1 saturated carbocycles. The third-order valence-corrected chi connectivity index (χ3v) is 8.70. The topological polar surface area (TPSA) is 3.24 Å². The van der Waals surface area contributed by atoms with E-state index in [0.717, 1.165) is 5.92 Å². The Hall–Kier alpha value is -1.25. The Morgan fingerprint density at radius 3 is 2.39 bits per heavy atom. The fourth-order valence-electron chi connectivity index (χ4n) is 3.84. The summed E-state index contributed by atoms with van der Waals surface area (Å²) in [6, 6.07) is 10.9. The molecule has 1 aromatic rings. The molecule has 0 saturated heterocycles. The summed E-state index contributed by atoms with van der Waals surface area (Å²) >= 11 is 0. The largest absolute Gasteiger partial charge is 0.263 e. The molecule has 1 aliphatic carbocycles. The Morgan fingerprint density at radius 2 is 1.78 bits per heavy atom. The zero-order chi connectivity index (χ0) is 16.3. The fraction of sp³-hybridized carbons (Fsp3) is 0.429. The molecule has 1 unspecified atom stereocenters.